The number of hydrogen-bond donors (Lipinski definition) is 1. The average molecular weight is 381 g/mol. The van der Waals surface area contributed by atoms with E-state index in [1.54, 1.807) is 26.4 Å². The average Bonchev–Trinajstić information content (AvgIpc) is 2.63. The van der Waals surface area contributed by atoms with Crippen LogP contribution in [0.4, 0.5) is 4.39 Å². The van der Waals surface area contributed by atoms with Crippen molar-refractivity contribution >= 4 is 12.4 Å². The predicted molar refractivity (Wildman–Crippen MR) is 104 cm³/mol. The summed E-state index contributed by atoms with van der Waals surface area (Å²) in [6.07, 6.45) is 0. The van der Waals surface area contributed by atoms with Crippen molar-refractivity contribution in [3.63, 3.8) is 0 Å². The van der Waals surface area contributed by atoms with Crippen LogP contribution in [0.1, 0.15) is 22.7 Å². The van der Waals surface area contributed by atoms with E-state index in [1.165, 1.54) is 11.6 Å². The molecule has 0 saturated carbocycles. The molecular formula is C20H26ClFN2O2. The first-order chi connectivity index (χ1) is 12.1. The van der Waals surface area contributed by atoms with Crippen LogP contribution in [-0.2, 0) is 6.54 Å². The number of benzene rings is 2. The Morgan fingerprint density at radius 1 is 1.15 bits per heavy atom. The summed E-state index contributed by atoms with van der Waals surface area (Å²) in [4.78, 5) is 2.39. The van der Waals surface area contributed by atoms with E-state index in [9.17, 15) is 4.39 Å². The number of nitrogens with zero attached hydrogens (tertiary/aromatic N) is 1. The second kappa shape index (κ2) is 9.21. The van der Waals surface area contributed by atoms with Crippen LogP contribution in [0, 0.1) is 12.7 Å². The molecule has 1 N–H and O–H groups in total. The standard InChI is InChI=1S/C20H25FN2O2.ClH/c1-14-9-19(24-2)20(25-3)11-16(14)13-23-8-7-22-12-18(23)15-5-4-6-17(21)10-15;/h4-6,9-11,18,22H,7-8,12-13H2,1-3H3;1H. The Labute approximate surface area is 160 Å². The van der Waals surface area contributed by atoms with Gasteiger partial charge in [0.25, 0.3) is 0 Å². The molecule has 3 rings (SSSR count). The van der Waals surface area contributed by atoms with Gasteiger partial charge in [-0.15, -0.1) is 12.4 Å². The first kappa shape index (κ1) is 20.5. The largest absolute Gasteiger partial charge is 0.493 e. The SMILES string of the molecule is COc1cc(C)c(CN2CCNCC2c2cccc(F)c2)cc1OC.Cl. The second-order valence-corrected chi connectivity index (χ2v) is 6.38. The minimum absolute atomic E-state index is 0. The Kier molecular flexibility index (Phi) is 7.26. The Hall–Kier alpha value is -1.82. The molecule has 4 nitrogen and oxygen atoms in total. The Balaban J connectivity index is 0.00000243. The van der Waals surface area contributed by atoms with E-state index < -0.39 is 0 Å². The van der Waals surface area contributed by atoms with Crippen LogP contribution >= 0.6 is 12.4 Å². The lowest BCUT2D eigenvalue weighted by molar-refractivity contribution is 0.153. The third-order valence-corrected chi connectivity index (χ3v) is 4.80. The lowest BCUT2D eigenvalue weighted by Crippen LogP contribution is -2.45. The van der Waals surface area contributed by atoms with Gasteiger partial charge < -0.3 is 14.8 Å². The maximum absolute atomic E-state index is 13.7. The van der Waals surface area contributed by atoms with E-state index >= 15 is 0 Å². The molecule has 1 unspecified atom stereocenters. The molecule has 26 heavy (non-hydrogen) atoms. The second-order valence-electron chi connectivity index (χ2n) is 6.38. The van der Waals surface area contributed by atoms with Crippen molar-refractivity contribution in [2.45, 2.75) is 19.5 Å². The van der Waals surface area contributed by atoms with Crippen molar-refractivity contribution in [3.8, 4) is 11.5 Å². The van der Waals surface area contributed by atoms with Crippen LogP contribution in [-0.4, -0.2) is 38.8 Å². The third-order valence-electron chi connectivity index (χ3n) is 4.80. The van der Waals surface area contributed by atoms with E-state index in [2.05, 4.69) is 17.1 Å². The summed E-state index contributed by atoms with van der Waals surface area (Å²) in [6.45, 7) is 5.52. The van der Waals surface area contributed by atoms with Gasteiger partial charge in [0.15, 0.2) is 11.5 Å². The molecule has 6 heteroatoms. The maximum Gasteiger partial charge on any atom is 0.161 e. The van der Waals surface area contributed by atoms with Crippen molar-refractivity contribution in [2.75, 3.05) is 33.9 Å². The van der Waals surface area contributed by atoms with E-state index in [1.807, 2.05) is 18.2 Å². The molecule has 0 spiro atoms. The van der Waals surface area contributed by atoms with Gasteiger partial charge in [-0.3, -0.25) is 4.90 Å². The van der Waals surface area contributed by atoms with Crippen molar-refractivity contribution in [1.29, 1.82) is 0 Å². The van der Waals surface area contributed by atoms with Crippen molar-refractivity contribution < 1.29 is 13.9 Å². The van der Waals surface area contributed by atoms with Crippen molar-refractivity contribution in [3.05, 3.63) is 58.9 Å². The van der Waals surface area contributed by atoms with Gasteiger partial charge in [-0.05, 0) is 47.9 Å². The first-order valence-electron chi connectivity index (χ1n) is 8.54. The summed E-state index contributed by atoms with van der Waals surface area (Å²) in [5, 5.41) is 3.42. The molecule has 2 aromatic rings. The van der Waals surface area contributed by atoms with Gasteiger partial charge in [-0.2, -0.15) is 0 Å². The Morgan fingerprint density at radius 3 is 2.58 bits per heavy atom. The topological polar surface area (TPSA) is 33.7 Å². The number of rotatable bonds is 5. The van der Waals surface area contributed by atoms with Gasteiger partial charge in [-0.1, -0.05) is 12.1 Å². The molecule has 0 aromatic heterocycles. The lowest BCUT2D eigenvalue weighted by atomic mass is 10.0. The predicted octanol–water partition coefficient (Wildman–Crippen LogP) is 3.72. The molecule has 1 atom stereocenters. The van der Waals surface area contributed by atoms with Crippen molar-refractivity contribution in [2.24, 2.45) is 0 Å². The highest BCUT2D eigenvalue weighted by molar-refractivity contribution is 5.85. The van der Waals surface area contributed by atoms with Crippen LogP contribution in [0.5, 0.6) is 11.5 Å². The maximum atomic E-state index is 13.7. The summed E-state index contributed by atoms with van der Waals surface area (Å²) in [7, 11) is 3.30. The number of halogens is 2. The fraction of sp³-hybridized carbons (Fsp3) is 0.400. The minimum Gasteiger partial charge on any atom is -0.493 e. The zero-order valence-corrected chi connectivity index (χ0v) is 16.2. The highest BCUT2D eigenvalue weighted by Gasteiger charge is 2.25. The van der Waals surface area contributed by atoms with E-state index in [0.717, 1.165) is 48.8 Å². The molecule has 1 aliphatic heterocycles. The Morgan fingerprint density at radius 2 is 1.88 bits per heavy atom. The number of hydrogen-bond acceptors (Lipinski definition) is 4. The minimum atomic E-state index is -0.190. The zero-order chi connectivity index (χ0) is 17.8. The van der Waals surface area contributed by atoms with Gasteiger partial charge in [0.2, 0.25) is 0 Å². The van der Waals surface area contributed by atoms with E-state index in [4.69, 9.17) is 9.47 Å². The van der Waals surface area contributed by atoms with Crippen molar-refractivity contribution in [1.82, 2.24) is 10.2 Å². The quantitative estimate of drug-likeness (QED) is 0.857. The van der Waals surface area contributed by atoms with Gasteiger partial charge in [0.05, 0.1) is 14.2 Å². The van der Waals surface area contributed by atoms with E-state index in [0.29, 0.717) is 0 Å². The zero-order valence-electron chi connectivity index (χ0n) is 15.4. The van der Waals surface area contributed by atoms with Gasteiger partial charge in [-0.25, -0.2) is 4.39 Å². The normalized spacial score (nSPS) is 17.5. The number of ether oxygens (including phenoxy) is 2. The van der Waals surface area contributed by atoms with Crippen LogP contribution < -0.4 is 14.8 Å². The summed E-state index contributed by atoms with van der Waals surface area (Å²) in [6, 6.07) is 11.1. The third kappa shape index (κ3) is 4.47. The summed E-state index contributed by atoms with van der Waals surface area (Å²) >= 11 is 0. The summed E-state index contributed by atoms with van der Waals surface area (Å²) in [5.41, 5.74) is 3.36. The number of nitrogens with one attached hydrogen (secondary N) is 1. The highest BCUT2D eigenvalue weighted by atomic mass is 35.5. The van der Waals surface area contributed by atoms with E-state index in [-0.39, 0.29) is 24.3 Å². The van der Waals surface area contributed by atoms with Crippen LogP contribution in [0.25, 0.3) is 0 Å². The van der Waals surface area contributed by atoms with Crippen LogP contribution in [0.3, 0.4) is 0 Å². The summed E-state index contributed by atoms with van der Waals surface area (Å²) < 4.78 is 24.5. The molecule has 0 amide bonds. The molecule has 0 aliphatic carbocycles. The molecule has 1 fully saturated rings. The number of methoxy groups -OCH3 is 2. The number of aryl methyl sites for hydroxylation is 1. The fourth-order valence-electron chi connectivity index (χ4n) is 3.39. The summed E-state index contributed by atoms with van der Waals surface area (Å²) in [5.74, 6) is 1.29. The highest BCUT2D eigenvalue weighted by Crippen LogP contribution is 2.32. The van der Waals surface area contributed by atoms with Gasteiger partial charge in [0.1, 0.15) is 5.82 Å². The van der Waals surface area contributed by atoms with Crippen LogP contribution in [0.2, 0.25) is 0 Å². The van der Waals surface area contributed by atoms with Gasteiger partial charge >= 0.3 is 0 Å². The molecule has 1 heterocycles. The Bertz CT molecular complexity index is 742. The molecule has 0 bridgehead atoms. The smallest absolute Gasteiger partial charge is 0.161 e. The molecule has 2 aromatic carbocycles. The molecule has 142 valence electrons. The lowest BCUT2D eigenvalue weighted by Gasteiger charge is -2.37. The first-order valence-corrected chi connectivity index (χ1v) is 8.54. The molecular weight excluding hydrogens is 355 g/mol. The van der Waals surface area contributed by atoms with Gasteiger partial charge in [0, 0.05) is 32.2 Å². The monoisotopic (exact) mass is 380 g/mol. The molecule has 0 radical (unpaired) electrons. The number of piperazine rings is 1. The molecule has 1 aliphatic rings. The molecule has 1 saturated heterocycles. The van der Waals surface area contributed by atoms with Crippen LogP contribution in [0.15, 0.2) is 36.4 Å². The fourth-order valence-corrected chi connectivity index (χ4v) is 3.39.